The predicted molar refractivity (Wildman–Crippen MR) is 88.6 cm³/mol. The molecule has 0 bridgehead atoms. The second-order valence-electron chi connectivity index (χ2n) is 6.22. The maximum absolute atomic E-state index is 12.0. The molecule has 5 heteroatoms. The number of benzene rings is 1. The van der Waals surface area contributed by atoms with Crippen molar-refractivity contribution in [2.45, 2.75) is 32.7 Å². The maximum atomic E-state index is 12.0. The van der Waals surface area contributed by atoms with Gasteiger partial charge in [0.2, 0.25) is 0 Å². The average molecular weight is 304 g/mol. The summed E-state index contributed by atoms with van der Waals surface area (Å²) in [5, 5.41) is 13.2. The Bertz CT molecular complexity index is 481. The molecule has 0 spiro atoms. The molecule has 1 N–H and O–H groups in total. The van der Waals surface area contributed by atoms with E-state index in [0.717, 1.165) is 19.0 Å². The van der Waals surface area contributed by atoms with Crippen molar-refractivity contribution in [3.8, 4) is 0 Å². The van der Waals surface area contributed by atoms with Gasteiger partial charge in [-0.25, -0.2) is 4.79 Å². The summed E-state index contributed by atoms with van der Waals surface area (Å²) in [5.74, 6) is 0.812. The van der Waals surface area contributed by atoms with E-state index >= 15 is 0 Å². The smallest absolute Gasteiger partial charge is 0.344 e. The summed E-state index contributed by atoms with van der Waals surface area (Å²) in [6.45, 7) is 6.20. The molecule has 2 rings (SSSR count). The number of anilines is 1. The van der Waals surface area contributed by atoms with Crippen molar-refractivity contribution in [3.05, 3.63) is 24.3 Å². The molecular formula is C17H26N3O2. The van der Waals surface area contributed by atoms with E-state index in [1.165, 1.54) is 23.4 Å². The lowest BCUT2D eigenvalue weighted by Crippen LogP contribution is -2.39. The molecule has 1 aliphatic rings. The van der Waals surface area contributed by atoms with Crippen LogP contribution in [0.5, 0.6) is 0 Å². The van der Waals surface area contributed by atoms with Gasteiger partial charge in [0.1, 0.15) is 0 Å². The van der Waals surface area contributed by atoms with Gasteiger partial charge >= 0.3 is 6.03 Å². The minimum atomic E-state index is -0.332. The van der Waals surface area contributed by atoms with Crippen LogP contribution in [0.25, 0.3) is 0 Å². The van der Waals surface area contributed by atoms with Gasteiger partial charge in [0.25, 0.3) is 0 Å². The fraction of sp³-hybridized carbons (Fsp3) is 0.588. The quantitative estimate of drug-likeness (QED) is 0.930. The van der Waals surface area contributed by atoms with Gasteiger partial charge in [-0.1, -0.05) is 6.92 Å². The van der Waals surface area contributed by atoms with Crippen molar-refractivity contribution in [2.75, 3.05) is 31.6 Å². The summed E-state index contributed by atoms with van der Waals surface area (Å²) >= 11 is 0. The Labute approximate surface area is 132 Å². The molecule has 22 heavy (non-hydrogen) atoms. The molecule has 0 aliphatic carbocycles. The molecule has 1 unspecified atom stereocenters. The second-order valence-corrected chi connectivity index (χ2v) is 6.22. The van der Waals surface area contributed by atoms with Gasteiger partial charge in [0.15, 0.2) is 0 Å². The van der Waals surface area contributed by atoms with Crippen LogP contribution in [0.15, 0.2) is 24.3 Å². The van der Waals surface area contributed by atoms with Crippen LogP contribution >= 0.6 is 0 Å². The molecule has 1 heterocycles. The van der Waals surface area contributed by atoms with Gasteiger partial charge in [-0.15, -0.1) is 0 Å². The lowest BCUT2D eigenvalue weighted by molar-refractivity contribution is 0.159. The van der Waals surface area contributed by atoms with Crippen molar-refractivity contribution in [1.29, 1.82) is 0 Å². The highest BCUT2D eigenvalue weighted by Gasteiger charge is 2.18. The summed E-state index contributed by atoms with van der Waals surface area (Å²) in [7, 11) is 1.65. The molecule has 1 aliphatic heterocycles. The van der Waals surface area contributed by atoms with Crippen LogP contribution in [-0.2, 0) is 0 Å². The zero-order valence-corrected chi connectivity index (χ0v) is 13.7. The molecular weight excluding hydrogens is 278 g/mol. The van der Waals surface area contributed by atoms with Gasteiger partial charge in [0.05, 0.1) is 18.3 Å². The summed E-state index contributed by atoms with van der Waals surface area (Å²) in [4.78, 5) is 15.8. The highest BCUT2D eigenvalue weighted by molar-refractivity contribution is 5.79. The number of aliphatic hydroxyl groups excluding tert-OH is 1. The van der Waals surface area contributed by atoms with Crippen LogP contribution in [0.1, 0.15) is 26.7 Å². The van der Waals surface area contributed by atoms with Gasteiger partial charge in [-0.05, 0) is 49.9 Å². The Hall–Kier alpha value is -1.75. The topological polar surface area (TPSA) is 57.9 Å². The second kappa shape index (κ2) is 7.49. The SMILES string of the molecule is CC1CCN(c2ccc([N]C(=O)N(C)C(C)CO)cc2)CC1. The molecule has 0 saturated carbocycles. The molecule has 1 aromatic rings. The molecule has 1 radical (unpaired) electrons. The minimum Gasteiger partial charge on any atom is -0.394 e. The van der Waals surface area contributed by atoms with E-state index in [1.54, 1.807) is 14.0 Å². The largest absolute Gasteiger partial charge is 0.394 e. The number of aliphatic hydroxyl groups is 1. The lowest BCUT2D eigenvalue weighted by Gasteiger charge is -2.32. The molecule has 2 amide bonds. The molecule has 1 aromatic carbocycles. The van der Waals surface area contributed by atoms with E-state index in [1.807, 2.05) is 24.3 Å². The normalized spacial score (nSPS) is 17.2. The number of rotatable bonds is 4. The van der Waals surface area contributed by atoms with Crippen LogP contribution in [0.3, 0.4) is 0 Å². The first-order valence-electron chi connectivity index (χ1n) is 7.95. The van der Waals surface area contributed by atoms with E-state index in [4.69, 9.17) is 5.11 Å². The van der Waals surface area contributed by atoms with Crippen molar-refractivity contribution >= 4 is 17.4 Å². The lowest BCUT2D eigenvalue weighted by atomic mass is 9.99. The molecule has 0 aromatic heterocycles. The summed E-state index contributed by atoms with van der Waals surface area (Å²) in [5.41, 5.74) is 1.84. The summed E-state index contributed by atoms with van der Waals surface area (Å²) in [6, 6.07) is 7.24. The third-order valence-electron chi connectivity index (χ3n) is 4.45. The number of piperidine rings is 1. The van der Waals surface area contributed by atoms with E-state index in [2.05, 4.69) is 17.1 Å². The molecule has 1 fully saturated rings. The number of likely N-dealkylation sites (N-methyl/N-ethyl adjacent to an activating group) is 1. The summed E-state index contributed by atoms with van der Waals surface area (Å²) in [6.07, 6.45) is 2.46. The first-order valence-corrected chi connectivity index (χ1v) is 7.95. The first-order chi connectivity index (χ1) is 10.5. The van der Waals surface area contributed by atoms with Gasteiger partial charge in [-0.3, -0.25) is 0 Å². The fourth-order valence-electron chi connectivity index (χ4n) is 2.51. The van der Waals surface area contributed by atoms with Crippen molar-refractivity contribution < 1.29 is 9.90 Å². The van der Waals surface area contributed by atoms with E-state index < -0.39 is 0 Å². The number of urea groups is 1. The van der Waals surface area contributed by atoms with Crippen molar-refractivity contribution in [3.63, 3.8) is 0 Å². The number of nitrogens with zero attached hydrogens (tertiary/aromatic N) is 3. The number of carbonyl (C=O) groups excluding carboxylic acids is 1. The Morgan fingerprint density at radius 3 is 2.50 bits per heavy atom. The number of hydrogen-bond acceptors (Lipinski definition) is 3. The predicted octanol–water partition coefficient (Wildman–Crippen LogP) is 2.59. The number of carbonyl (C=O) groups is 1. The van der Waals surface area contributed by atoms with Gasteiger partial charge in [0, 0.05) is 25.8 Å². The Kier molecular flexibility index (Phi) is 5.66. The number of amides is 2. The Morgan fingerprint density at radius 1 is 1.36 bits per heavy atom. The summed E-state index contributed by atoms with van der Waals surface area (Å²) < 4.78 is 0. The molecule has 1 saturated heterocycles. The highest BCUT2D eigenvalue weighted by atomic mass is 16.3. The minimum absolute atomic E-state index is 0.0654. The molecule has 1 atom stereocenters. The third-order valence-corrected chi connectivity index (χ3v) is 4.45. The Morgan fingerprint density at radius 2 is 1.95 bits per heavy atom. The third kappa shape index (κ3) is 4.13. The molecule has 121 valence electrons. The van der Waals surface area contributed by atoms with Gasteiger partial charge in [-0.2, -0.15) is 5.32 Å². The Balaban J connectivity index is 1.93. The zero-order valence-electron chi connectivity index (χ0n) is 13.7. The van der Waals surface area contributed by atoms with Crippen molar-refractivity contribution in [1.82, 2.24) is 10.2 Å². The van der Waals surface area contributed by atoms with Crippen LogP contribution in [0.2, 0.25) is 0 Å². The fourth-order valence-corrected chi connectivity index (χ4v) is 2.51. The van der Waals surface area contributed by atoms with Gasteiger partial charge < -0.3 is 14.9 Å². The van der Waals surface area contributed by atoms with E-state index in [-0.39, 0.29) is 18.7 Å². The van der Waals surface area contributed by atoms with Crippen LogP contribution in [-0.4, -0.2) is 48.8 Å². The van der Waals surface area contributed by atoms with E-state index in [0.29, 0.717) is 5.69 Å². The molecule has 5 nitrogen and oxygen atoms in total. The van der Waals surface area contributed by atoms with Crippen LogP contribution < -0.4 is 10.2 Å². The van der Waals surface area contributed by atoms with E-state index in [9.17, 15) is 4.79 Å². The maximum Gasteiger partial charge on any atom is 0.344 e. The average Bonchev–Trinajstić information content (AvgIpc) is 2.55. The zero-order chi connectivity index (χ0) is 16.1. The first kappa shape index (κ1) is 16.6. The standard InChI is InChI=1S/C17H26N3O2/c1-13-8-10-20(11-9-13)16-6-4-15(5-7-16)18-17(22)19(3)14(2)12-21/h4-7,13-14,21H,8-12H2,1-3H3. The van der Waals surface area contributed by atoms with Crippen LogP contribution in [0, 0.1) is 5.92 Å². The monoisotopic (exact) mass is 304 g/mol. The highest BCUT2D eigenvalue weighted by Crippen LogP contribution is 2.24. The van der Waals surface area contributed by atoms with Crippen molar-refractivity contribution in [2.24, 2.45) is 5.92 Å². The van der Waals surface area contributed by atoms with Crippen LogP contribution in [0.4, 0.5) is 16.2 Å². The number of hydrogen-bond donors (Lipinski definition) is 1.